The molecule has 2 amide bonds. The number of benzene rings is 1. The van der Waals surface area contributed by atoms with Gasteiger partial charge in [-0.15, -0.1) is 0 Å². The lowest BCUT2D eigenvalue weighted by molar-refractivity contribution is -0.130. The molecular formula is C13H15FN2O2. The molecule has 0 bridgehead atoms. The van der Waals surface area contributed by atoms with Crippen LogP contribution in [0.1, 0.15) is 24.8 Å². The van der Waals surface area contributed by atoms with E-state index in [2.05, 4.69) is 0 Å². The lowest BCUT2D eigenvalue weighted by Crippen LogP contribution is -2.35. The monoisotopic (exact) mass is 250 g/mol. The number of hydrogen-bond donors (Lipinski definition) is 1. The SMILES string of the molecule is NC(=O)CC1CCC(=O)N1Cc1cccc(F)c1. The van der Waals surface area contributed by atoms with Gasteiger partial charge in [0, 0.05) is 25.4 Å². The van der Waals surface area contributed by atoms with E-state index in [9.17, 15) is 14.0 Å². The van der Waals surface area contributed by atoms with Crippen molar-refractivity contribution in [2.75, 3.05) is 0 Å². The van der Waals surface area contributed by atoms with Crippen molar-refractivity contribution in [1.29, 1.82) is 0 Å². The van der Waals surface area contributed by atoms with Gasteiger partial charge in [0.25, 0.3) is 0 Å². The molecule has 5 heteroatoms. The van der Waals surface area contributed by atoms with Crippen LogP contribution in [-0.4, -0.2) is 22.8 Å². The number of halogens is 1. The lowest BCUT2D eigenvalue weighted by Gasteiger charge is -2.24. The van der Waals surface area contributed by atoms with Gasteiger partial charge in [-0.1, -0.05) is 12.1 Å². The Kier molecular flexibility index (Phi) is 3.60. The maximum atomic E-state index is 13.1. The van der Waals surface area contributed by atoms with Gasteiger partial charge < -0.3 is 10.6 Å². The highest BCUT2D eigenvalue weighted by Crippen LogP contribution is 2.23. The molecule has 1 heterocycles. The third-order valence-corrected chi connectivity index (χ3v) is 3.13. The van der Waals surface area contributed by atoms with E-state index in [0.29, 0.717) is 19.4 Å². The number of likely N-dealkylation sites (tertiary alicyclic amines) is 1. The molecule has 1 aliphatic heterocycles. The van der Waals surface area contributed by atoms with Crippen molar-refractivity contribution in [2.45, 2.75) is 31.8 Å². The fourth-order valence-electron chi connectivity index (χ4n) is 2.29. The van der Waals surface area contributed by atoms with Crippen LogP contribution in [-0.2, 0) is 16.1 Å². The minimum absolute atomic E-state index is 0.00879. The summed E-state index contributed by atoms with van der Waals surface area (Å²) in [7, 11) is 0. The summed E-state index contributed by atoms with van der Waals surface area (Å²) in [5, 5.41) is 0. The number of rotatable bonds is 4. The number of hydrogen-bond acceptors (Lipinski definition) is 2. The van der Waals surface area contributed by atoms with Crippen molar-refractivity contribution >= 4 is 11.8 Å². The maximum Gasteiger partial charge on any atom is 0.223 e. The van der Waals surface area contributed by atoms with Crippen LogP contribution in [0.3, 0.4) is 0 Å². The normalized spacial score (nSPS) is 19.3. The predicted molar refractivity (Wildman–Crippen MR) is 63.8 cm³/mol. The van der Waals surface area contributed by atoms with Gasteiger partial charge in [0.15, 0.2) is 0 Å². The van der Waals surface area contributed by atoms with Crippen molar-refractivity contribution in [3.63, 3.8) is 0 Å². The number of carbonyl (C=O) groups is 2. The first-order valence-corrected chi connectivity index (χ1v) is 5.88. The van der Waals surface area contributed by atoms with Crippen LogP contribution < -0.4 is 5.73 Å². The topological polar surface area (TPSA) is 63.4 Å². The highest BCUT2D eigenvalue weighted by molar-refractivity contribution is 5.81. The molecule has 96 valence electrons. The Hall–Kier alpha value is -1.91. The molecule has 2 rings (SSSR count). The minimum atomic E-state index is -0.418. The van der Waals surface area contributed by atoms with E-state index in [1.54, 1.807) is 17.0 Å². The fourth-order valence-corrected chi connectivity index (χ4v) is 2.29. The van der Waals surface area contributed by atoms with E-state index in [-0.39, 0.29) is 24.2 Å². The van der Waals surface area contributed by atoms with Gasteiger partial charge in [0.05, 0.1) is 0 Å². The average Bonchev–Trinajstić information content (AvgIpc) is 2.61. The molecule has 0 aliphatic carbocycles. The molecule has 1 aromatic carbocycles. The first-order chi connectivity index (χ1) is 8.56. The van der Waals surface area contributed by atoms with Crippen LogP contribution in [0.4, 0.5) is 4.39 Å². The molecule has 0 saturated carbocycles. The van der Waals surface area contributed by atoms with Crippen LogP contribution in [0.25, 0.3) is 0 Å². The van der Waals surface area contributed by atoms with Crippen molar-refractivity contribution < 1.29 is 14.0 Å². The second-order valence-electron chi connectivity index (χ2n) is 4.51. The summed E-state index contributed by atoms with van der Waals surface area (Å²) in [5.41, 5.74) is 5.88. The van der Waals surface area contributed by atoms with E-state index in [0.717, 1.165) is 5.56 Å². The second kappa shape index (κ2) is 5.16. The Morgan fingerprint density at radius 1 is 1.50 bits per heavy atom. The minimum Gasteiger partial charge on any atom is -0.370 e. The zero-order valence-electron chi connectivity index (χ0n) is 9.93. The Labute approximate surface area is 105 Å². The molecule has 18 heavy (non-hydrogen) atoms. The van der Waals surface area contributed by atoms with Crippen molar-refractivity contribution in [3.05, 3.63) is 35.6 Å². The summed E-state index contributed by atoms with van der Waals surface area (Å²) in [6.07, 6.45) is 1.23. The molecule has 4 nitrogen and oxygen atoms in total. The Bertz CT molecular complexity index is 476. The molecule has 0 radical (unpaired) electrons. The van der Waals surface area contributed by atoms with Gasteiger partial charge in [-0.2, -0.15) is 0 Å². The van der Waals surface area contributed by atoms with Crippen LogP contribution in [0.2, 0.25) is 0 Å². The quantitative estimate of drug-likeness (QED) is 0.872. The maximum absolute atomic E-state index is 13.1. The Morgan fingerprint density at radius 2 is 2.28 bits per heavy atom. The largest absolute Gasteiger partial charge is 0.370 e. The van der Waals surface area contributed by atoms with Crippen LogP contribution in [0.5, 0.6) is 0 Å². The summed E-state index contributed by atoms with van der Waals surface area (Å²) < 4.78 is 13.1. The average molecular weight is 250 g/mol. The lowest BCUT2D eigenvalue weighted by atomic mass is 10.1. The molecule has 0 spiro atoms. The predicted octanol–water partition coefficient (Wildman–Crippen LogP) is 1.19. The van der Waals surface area contributed by atoms with Crippen molar-refractivity contribution in [2.24, 2.45) is 5.73 Å². The highest BCUT2D eigenvalue weighted by Gasteiger charge is 2.31. The number of nitrogens with two attached hydrogens (primary N) is 1. The molecule has 1 unspecified atom stereocenters. The first kappa shape index (κ1) is 12.5. The summed E-state index contributed by atoms with van der Waals surface area (Å²) in [5.74, 6) is -0.755. The molecule has 1 aromatic rings. The van der Waals surface area contributed by atoms with Gasteiger partial charge in [0.2, 0.25) is 11.8 Å². The van der Waals surface area contributed by atoms with Gasteiger partial charge in [0.1, 0.15) is 5.82 Å². The highest BCUT2D eigenvalue weighted by atomic mass is 19.1. The summed E-state index contributed by atoms with van der Waals surface area (Å²) in [6.45, 7) is 0.328. The zero-order chi connectivity index (χ0) is 13.1. The zero-order valence-corrected chi connectivity index (χ0v) is 9.93. The summed E-state index contributed by atoms with van der Waals surface area (Å²) in [4.78, 5) is 24.3. The molecule has 1 fully saturated rings. The molecule has 1 atom stereocenters. The van der Waals surface area contributed by atoms with E-state index in [1.807, 2.05) is 0 Å². The number of amides is 2. The van der Waals surface area contributed by atoms with E-state index in [4.69, 9.17) is 5.73 Å². The first-order valence-electron chi connectivity index (χ1n) is 5.88. The number of primary amides is 1. The smallest absolute Gasteiger partial charge is 0.223 e. The van der Waals surface area contributed by atoms with Gasteiger partial charge in [-0.05, 0) is 24.1 Å². The standard InChI is InChI=1S/C13H15FN2O2/c14-10-3-1-2-9(6-10)8-16-11(7-12(15)17)4-5-13(16)18/h1-3,6,11H,4-5,7-8H2,(H2,15,17). The Morgan fingerprint density at radius 3 is 2.94 bits per heavy atom. The van der Waals surface area contributed by atoms with E-state index >= 15 is 0 Å². The van der Waals surface area contributed by atoms with Crippen LogP contribution >= 0.6 is 0 Å². The summed E-state index contributed by atoms with van der Waals surface area (Å²) >= 11 is 0. The fraction of sp³-hybridized carbons (Fsp3) is 0.385. The van der Waals surface area contributed by atoms with Crippen molar-refractivity contribution in [3.8, 4) is 0 Å². The van der Waals surface area contributed by atoms with Crippen LogP contribution in [0, 0.1) is 5.82 Å². The van der Waals surface area contributed by atoms with E-state index in [1.165, 1.54) is 12.1 Å². The molecule has 1 aliphatic rings. The summed E-state index contributed by atoms with van der Waals surface area (Å²) in [6, 6.07) is 5.96. The number of nitrogens with zero attached hydrogens (tertiary/aromatic N) is 1. The van der Waals surface area contributed by atoms with Gasteiger partial charge in [-0.3, -0.25) is 9.59 Å². The molecule has 1 saturated heterocycles. The number of carbonyl (C=O) groups excluding carboxylic acids is 2. The van der Waals surface area contributed by atoms with E-state index < -0.39 is 5.91 Å². The molecular weight excluding hydrogens is 235 g/mol. The molecule has 0 aromatic heterocycles. The third-order valence-electron chi connectivity index (χ3n) is 3.13. The van der Waals surface area contributed by atoms with Gasteiger partial charge in [-0.25, -0.2) is 4.39 Å². The van der Waals surface area contributed by atoms with Crippen molar-refractivity contribution in [1.82, 2.24) is 4.90 Å². The van der Waals surface area contributed by atoms with Crippen LogP contribution in [0.15, 0.2) is 24.3 Å². The third kappa shape index (κ3) is 2.85. The Balaban J connectivity index is 2.10. The second-order valence-corrected chi connectivity index (χ2v) is 4.51. The van der Waals surface area contributed by atoms with Gasteiger partial charge >= 0.3 is 0 Å². The molecule has 2 N–H and O–H groups in total.